The first-order chi connectivity index (χ1) is 10.6. The fourth-order valence-corrected chi connectivity index (χ4v) is 2.92. The minimum atomic E-state index is -0.577. The zero-order chi connectivity index (χ0) is 15.9. The van der Waals surface area contributed by atoms with Gasteiger partial charge in [-0.15, -0.1) is 0 Å². The molecule has 22 heavy (non-hydrogen) atoms. The van der Waals surface area contributed by atoms with Crippen LogP contribution in [0.1, 0.15) is 39.0 Å². The first-order valence-corrected chi connectivity index (χ1v) is 7.99. The third kappa shape index (κ3) is 4.56. The normalized spacial score (nSPS) is 16.8. The second kappa shape index (κ2) is 7.94. The van der Waals surface area contributed by atoms with Gasteiger partial charge in [-0.25, -0.2) is 0 Å². The lowest BCUT2D eigenvalue weighted by molar-refractivity contribution is -0.138. The number of para-hydroxylation sites is 1. The van der Waals surface area contributed by atoms with Crippen LogP contribution in [0.4, 0.5) is 5.69 Å². The third-order valence-electron chi connectivity index (χ3n) is 4.06. The van der Waals surface area contributed by atoms with Crippen LogP contribution in [0.2, 0.25) is 0 Å². The monoisotopic (exact) mass is 303 g/mol. The molecule has 2 amide bonds. The first kappa shape index (κ1) is 16.5. The Kier molecular flexibility index (Phi) is 5.95. The number of carbonyl (C=O) groups excluding carboxylic acids is 2. The summed E-state index contributed by atoms with van der Waals surface area (Å²) < 4.78 is 0. The van der Waals surface area contributed by atoms with Crippen LogP contribution in [0.3, 0.4) is 0 Å². The van der Waals surface area contributed by atoms with Crippen LogP contribution in [0.15, 0.2) is 30.3 Å². The van der Waals surface area contributed by atoms with Crippen molar-refractivity contribution >= 4 is 17.5 Å². The van der Waals surface area contributed by atoms with Crippen molar-refractivity contribution in [2.45, 2.75) is 51.1 Å². The molecule has 0 aromatic heterocycles. The van der Waals surface area contributed by atoms with E-state index < -0.39 is 6.04 Å². The molecule has 1 atom stereocenters. The number of anilines is 1. The number of benzene rings is 1. The van der Waals surface area contributed by atoms with E-state index in [0.29, 0.717) is 0 Å². The lowest BCUT2D eigenvalue weighted by atomic mass is 9.93. The van der Waals surface area contributed by atoms with E-state index in [9.17, 15) is 9.59 Å². The van der Waals surface area contributed by atoms with E-state index in [0.717, 1.165) is 31.4 Å². The second-order valence-corrected chi connectivity index (χ2v) is 5.96. The zero-order valence-electron chi connectivity index (χ0n) is 13.1. The molecule has 120 valence electrons. The Morgan fingerprint density at radius 3 is 2.45 bits per heavy atom. The van der Waals surface area contributed by atoms with Crippen molar-refractivity contribution in [2.24, 2.45) is 5.73 Å². The third-order valence-corrected chi connectivity index (χ3v) is 4.06. The lowest BCUT2D eigenvalue weighted by Gasteiger charge is -2.35. The molecule has 1 aliphatic carbocycles. The minimum absolute atomic E-state index is 0.0694. The van der Waals surface area contributed by atoms with Gasteiger partial charge in [0.25, 0.3) is 0 Å². The highest BCUT2D eigenvalue weighted by Crippen LogP contribution is 2.23. The number of rotatable bonds is 5. The SMILES string of the molecule is C[C@H](N)C(=O)N(CC(=O)Nc1ccccc1)C1CCCCC1. The predicted octanol–water partition coefficient (Wildman–Crippen LogP) is 2.13. The number of nitrogens with zero attached hydrogens (tertiary/aromatic N) is 1. The Labute approximate surface area is 131 Å². The summed E-state index contributed by atoms with van der Waals surface area (Å²) in [6.45, 7) is 1.74. The van der Waals surface area contributed by atoms with Crippen LogP contribution in [0.25, 0.3) is 0 Å². The maximum Gasteiger partial charge on any atom is 0.244 e. The van der Waals surface area contributed by atoms with Crippen molar-refractivity contribution < 1.29 is 9.59 Å². The Morgan fingerprint density at radius 2 is 1.86 bits per heavy atom. The number of carbonyl (C=O) groups is 2. The van der Waals surface area contributed by atoms with Crippen LogP contribution < -0.4 is 11.1 Å². The molecule has 1 fully saturated rings. The van der Waals surface area contributed by atoms with E-state index in [1.165, 1.54) is 6.42 Å². The molecule has 0 spiro atoms. The molecule has 5 nitrogen and oxygen atoms in total. The van der Waals surface area contributed by atoms with Gasteiger partial charge in [-0.1, -0.05) is 37.5 Å². The average molecular weight is 303 g/mol. The Balaban J connectivity index is 2.01. The molecule has 0 saturated heterocycles. The molecule has 0 heterocycles. The second-order valence-electron chi connectivity index (χ2n) is 5.96. The van der Waals surface area contributed by atoms with Gasteiger partial charge >= 0.3 is 0 Å². The number of nitrogens with two attached hydrogens (primary N) is 1. The maximum absolute atomic E-state index is 12.4. The van der Waals surface area contributed by atoms with E-state index >= 15 is 0 Å². The molecule has 1 saturated carbocycles. The van der Waals surface area contributed by atoms with Gasteiger partial charge in [-0.2, -0.15) is 0 Å². The van der Waals surface area contributed by atoms with Crippen LogP contribution in [0.5, 0.6) is 0 Å². The topological polar surface area (TPSA) is 75.4 Å². The quantitative estimate of drug-likeness (QED) is 0.875. The standard InChI is InChI=1S/C17H25N3O2/c1-13(18)17(22)20(15-10-6-3-7-11-15)12-16(21)19-14-8-4-2-5-9-14/h2,4-5,8-9,13,15H,3,6-7,10-12,18H2,1H3,(H,19,21)/t13-/m0/s1. The van der Waals surface area contributed by atoms with Gasteiger partial charge in [-0.05, 0) is 31.9 Å². The van der Waals surface area contributed by atoms with Gasteiger partial charge in [-0.3, -0.25) is 9.59 Å². The summed E-state index contributed by atoms with van der Waals surface area (Å²) in [5.41, 5.74) is 6.49. The van der Waals surface area contributed by atoms with Gasteiger partial charge in [0.2, 0.25) is 11.8 Å². The molecule has 3 N–H and O–H groups in total. The Hall–Kier alpha value is -1.88. The van der Waals surface area contributed by atoms with Crippen LogP contribution in [-0.4, -0.2) is 35.3 Å². The van der Waals surface area contributed by atoms with Crippen molar-refractivity contribution in [1.29, 1.82) is 0 Å². The van der Waals surface area contributed by atoms with Crippen molar-refractivity contribution in [3.8, 4) is 0 Å². The van der Waals surface area contributed by atoms with Crippen molar-refractivity contribution in [2.75, 3.05) is 11.9 Å². The van der Waals surface area contributed by atoms with E-state index in [1.54, 1.807) is 11.8 Å². The molecule has 1 aromatic rings. The Bertz CT molecular complexity index is 496. The lowest BCUT2D eigenvalue weighted by Crippen LogP contribution is -2.51. The molecule has 5 heteroatoms. The molecule has 1 aromatic carbocycles. The van der Waals surface area contributed by atoms with Crippen LogP contribution in [-0.2, 0) is 9.59 Å². The Morgan fingerprint density at radius 1 is 1.23 bits per heavy atom. The summed E-state index contributed by atoms with van der Waals surface area (Å²) in [7, 11) is 0. The van der Waals surface area contributed by atoms with Gasteiger partial charge in [0.05, 0.1) is 6.04 Å². The largest absolute Gasteiger partial charge is 0.329 e. The van der Waals surface area contributed by atoms with Crippen molar-refractivity contribution in [1.82, 2.24) is 4.90 Å². The predicted molar refractivity (Wildman–Crippen MR) is 87.3 cm³/mol. The maximum atomic E-state index is 12.4. The highest BCUT2D eigenvalue weighted by Gasteiger charge is 2.28. The van der Waals surface area contributed by atoms with Crippen LogP contribution >= 0.6 is 0 Å². The molecule has 0 aliphatic heterocycles. The highest BCUT2D eigenvalue weighted by atomic mass is 16.2. The number of hydrogen-bond acceptors (Lipinski definition) is 3. The van der Waals surface area contributed by atoms with Gasteiger partial charge < -0.3 is 16.0 Å². The summed E-state index contributed by atoms with van der Waals surface area (Å²) >= 11 is 0. The smallest absolute Gasteiger partial charge is 0.244 e. The van der Waals surface area contributed by atoms with Gasteiger partial charge in [0, 0.05) is 11.7 Å². The van der Waals surface area contributed by atoms with E-state index in [-0.39, 0.29) is 24.4 Å². The summed E-state index contributed by atoms with van der Waals surface area (Å²) in [6.07, 6.45) is 5.32. The first-order valence-electron chi connectivity index (χ1n) is 7.99. The number of hydrogen-bond donors (Lipinski definition) is 2. The minimum Gasteiger partial charge on any atom is -0.329 e. The summed E-state index contributed by atoms with van der Waals surface area (Å²) in [5, 5.41) is 2.83. The van der Waals surface area contributed by atoms with E-state index in [4.69, 9.17) is 5.73 Å². The molecule has 0 bridgehead atoms. The summed E-state index contributed by atoms with van der Waals surface area (Å²) in [6, 6.07) is 8.83. The van der Waals surface area contributed by atoms with Crippen molar-refractivity contribution in [3.05, 3.63) is 30.3 Å². The highest BCUT2D eigenvalue weighted by molar-refractivity contribution is 5.95. The zero-order valence-corrected chi connectivity index (χ0v) is 13.1. The molecular formula is C17H25N3O2. The van der Waals surface area contributed by atoms with Gasteiger partial charge in [0.1, 0.15) is 6.54 Å². The fraction of sp³-hybridized carbons (Fsp3) is 0.529. The summed E-state index contributed by atoms with van der Waals surface area (Å²) in [4.78, 5) is 26.3. The molecule has 0 unspecified atom stereocenters. The molecule has 1 aliphatic rings. The molecule has 0 radical (unpaired) electrons. The average Bonchev–Trinajstić information content (AvgIpc) is 2.53. The van der Waals surface area contributed by atoms with E-state index in [1.807, 2.05) is 30.3 Å². The fourth-order valence-electron chi connectivity index (χ4n) is 2.92. The number of nitrogens with one attached hydrogen (secondary N) is 1. The molecular weight excluding hydrogens is 278 g/mol. The van der Waals surface area contributed by atoms with Crippen molar-refractivity contribution in [3.63, 3.8) is 0 Å². The number of amides is 2. The van der Waals surface area contributed by atoms with Gasteiger partial charge in [0.15, 0.2) is 0 Å². The molecule has 2 rings (SSSR count). The van der Waals surface area contributed by atoms with E-state index in [2.05, 4.69) is 5.32 Å². The van der Waals surface area contributed by atoms with Crippen LogP contribution in [0, 0.1) is 0 Å². The summed E-state index contributed by atoms with van der Waals surface area (Å²) in [5.74, 6) is -0.319.